The zero-order valence-electron chi connectivity index (χ0n) is 13.0. The molecule has 6 heteroatoms. The average Bonchev–Trinajstić information content (AvgIpc) is 3.08. The summed E-state index contributed by atoms with van der Waals surface area (Å²) in [6.45, 7) is 4.32. The van der Waals surface area contributed by atoms with Crippen LogP contribution in [0.3, 0.4) is 0 Å². The molecule has 0 aliphatic heterocycles. The molecule has 2 N–H and O–H groups in total. The SMILES string of the molecule is Cc1cccc(C)c1OCc1nc(C2(N)CCCC2)no1.Cl. The van der Waals surface area contributed by atoms with Crippen LogP contribution in [0.25, 0.3) is 0 Å². The van der Waals surface area contributed by atoms with Crippen LogP contribution in [0.2, 0.25) is 0 Å². The minimum absolute atomic E-state index is 0. The molecule has 0 unspecified atom stereocenters. The minimum atomic E-state index is -0.416. The van der Waals surface area contributed by atoms with Crippen molar-refractivity contribution in [1.29, 1.82) is 0 Å². The zero-order valence-corrected chi connectivity index (χ0v) is 13.8. The Morgan fingerprint density at radius 3 is 2.50 bits per heavy atom. The first-order valence-corrected chi connectivity index (χ1v) is 7.39. The van der Waals surface area contributed by atoms with E-state index in [0.717, 1.165) is 42.6 Å². The lowest BCUT2D eigenvalue weighted by Crippen LogP contribution is -2.34. The molecule has 0 bridgehead atoms. The number of nitrogens with two attached hydrogens (primary N) is 1. The third-order valence-corrected chi connectivity index (χ3v) is 4.16. The zero-order chi connectivity index (χ0) is 14.9. The molecular weight excluding hydrogens is 302 g/mol. The molecule has 1 aliphatic carbocycles. The van der Waals surface area contributed by atoms with Crippen molar-refractivity contribution in [3.05, 3.63) is 41.0 Å². The van der Waals surface area contributed by atoms with E-state index in [1.807, 2.05) is 32.0 Å². The predicted octanol–water partition coefficient (Wildman–Crippen LogP) is 3.42. The molecule has 1 heterocycles. The molecule has 22 heavy (non-hydrogen) atoms. The van der Waals surface area contributed by atoms with Gasteiger partial charge in [0, 0.05) is 0 Å². The largest absolute Gasteiger partial charge is 0.483 e. The van der Waals surface area contributed by atoms with Crippen LogP contribution in [-0.4, -0.2) is 10.1 Å². The van der Waals surface area contributed by atoms with E-state index in [0.29, 0.717) is 11.7 Å². The second-order valence-electron chi connectivity index (χ2n) is 5.88. The number of aromatic nitrogens is 2. The van der Waals surface area contributed by atoms with Crippen LogP contribution in [0.15, 0.2) is 22.7 Å². The van der Waals surface area contributed by atoms with Crippen molar-refractivity contribution < 1.29 is 9.26 Å². The number of rotatable bonds is 4. The maximum atomic E-state index is 6.32. The van der Waals surface area contributed by atoms with Crippen LogP contribution in [0.5, 0.6) is 5.75 Å². The van der Waals surface area contributed by atoms with E-state index in [2.05, 4.69) is 10.1 Å². The Morgan fingerprint density at radius 2 is 1.86 bits per heavy atom. The minimum Gasteiger partial charge on any atom is -0.483 e. The summed E-state index contributed by atoms with van der Waals surface area (Å²) >= 11 is 0. The molecule has 0 amide bonds. The number of benzene rings is 1. The summed E-state index contributed by atoms with van der Waals surface area (Å²) in [6.07, 6.45) is 4.09. The normalized spacial score (nSPS) is 16.3. The molecule has 1 aliphatic rings. The Hall–Kier alpha value is -1.59. The highest BCUT2D eigenvalue weighted by atomic mass is 35.5. The standard InChI is InChI=1S/C16H21N3O2.ClH/c1-11-6-5-7-12(2)14(11)20-10-13-18-15(19-21-13)16(17)8-3-4-9-16;/h5-7H,3-4,8-10,17H2,1-2H3;1H. The number of hydrogen-bond acceptors (Lipinski definition) is 5. The van der Waals surface area contributed by atoms with Crippen molar-refractivity contribution >= 4 is 12.4 Å². The summed E-state index contributed by atoms with van der Waals surface area (Å²) in [5, 5.41) is 4.04. The molecule has 0 saturated heterocycles. The van der Waals surface area contributed by atoms with Crippen LogP contribution >= 0.6 is 12.4 Å². The van der Waals surface area contributed by atoms with Crippen LogP contribution in [-0.2, 0) is 12.1 Å². The first kappa shape index (κ1) is 16.8. The van der Waals surface area contributed by atoms with Gasteiger partial charge in [-0.25, -0.2) is 0 Å². The second-order valence-corrected chi connectivity index (χ2v) is 5.88. The summed E-state index contributed by atoms with van der Waals surface area (Å²) in [5.74, 6) is 1.96. The van der Waals surface area contributed by atoms with Gasteiger partial charge in [-0.3, -0.25) is 0 Å². The fraction of sp³-hybridized carbons (Fsp3) is 0.500. The molecule has 1 saturated carbocycles. The number of ether oxygens (including phenoxy) is 1. The van der Waals surface area contributed by atoms with Gasteiger partial charge in [-0.1, -0.05) is 36.2 Å². The van der Waals surface area contributed by atoms with Crippen molar-refractivity contribution in [2.75, 3.05) is 0 Å². The first-order chi connectivity index (χ1) is 10.1. The molecule has 120 valence electrons. The lowest BCUT2D eigenvalue weighted by molar-refractivity contribution is 0.239. The predicted molar refractivity (Wildman–Crippen MR) is 86.1 cm³/mol. The van der Waals surface area contributed by atoms with Gasteiger partial charge in [-0.2, -0.15) is 4.98 Å². The number of para-hydroxylation sites is 1. The van der Waals surface area contributed by atoms with E-state index in [1.54, 1.807) is 0 Å². The number of aryl methyl sites for hydroxylation is 2. The number of halogens is 1. The Bertz CT molecular complexity index is 616. The van der Waals surface area contributed by atoms with E-state index in [9.17, 15) is 0 Å². The van der Waals surface area contributed by atoms with Gasteiger partial charge in [0.1, 0.15) is 5.75 Å². The van der Waals surface area contributed by atoms with E-state index in [4.69, 9.17) is 15.0 Å². The van der Waals surface area contributed by atoms with E-state index in [-0.39, 0.29) is 19.0 Å². The van der Waals surface area contributed by atoms with Crippen LogP contribution in [0.1, 0.15) is 48.5 Å². The molecular formula is C16H22ClN3O2. The lowest BCUT2D eigenvalue weighted by atomic mass is 9.99. The molecule has 0 radical (unpaired) electrons. The fourth-order valence-electron chi connectivity index (χ4n) is 2.91. The summed E-state index contributed by atoms with van der Waals surface area (Å²) in [4.78, 5) is 4.41. The molecule has 0 atom stereocenters. The molecule has 2 aromatic rings. The van der Waals surface area contributed by atoms with Crippen molar-refractivity contribution in [2.45, 2.75) is 51.7 Å². The highest BCUT2D eigenvalue weighted by molar-refractivity contribution is 5.85. The van der Waals surface area contributed by atoms with Crippen LogP contribution < -0.4 is 10.5 Å². The number of nitrogens with zero attached hydrogens (tertiary/aromatic N) is 2. The van der Waals surface area contributed by atoms with Gasteiger partial charge < -0.3 is 15.0 Å². The van der Waals surface area contributed by atoms with Gasteiger partial charge in [0.15, 0.2) is 12.4 Å². The van der Waals surface area contributed by atoms with Crippen molar-refractivity contribution in [2.24, 2.45) is 5.73 Å². The van der Waals surface area contributed by atoms with Gasteiger partial charge in [0.25, 0.3) is 5.89 Å². The molecule has 1 fully saturated rings. The number of hydrogen-bond donors (Lipinski definition) is 1. The van der Waals surface area contributed by atoms with Crippen LogP contribution in [0.4, 0.5) is 0 Å². The summed E-state index contributed by atoms with van der Waals surface area (Å²) in [7, 11) is 0. The maximum Gasteiger partial charge on any atom is 0.264 e. The fourth-order valence-corrected chi connectivity index (χ4v) is 2.91. The Balaban J connectivity index is 0.00000176. The first-order valence-electron chi connectivity index (χ1n) is 7.39. The quantitative estimate of drug-likeness (QED) is 0.933. The highest BCUT2D eigenvalue weighted by Gasteiger charge is 2.35. The molecule has 0 spiro atoms. The Kier molecular flexibility index (Phi) is 5.08. The van der Waals surface area contributed by atoms with Crippen molar-refractivity contribution in [3.63, 3.8) is 0 Å². The summed E-state index contributed by atoms with van der Waals surface area (Å²) in [6, 6.07) is 6.06. The van der Waals surface area contributed by atoms with Gasteiger partial charge in [-0.05, 0) is 37.8 Å². The molecule has 1 aromatic carbocycles. The van der Waals surface area contributed by atoms with E-state index in [1.165, 1.54) is 0 Å². The van der Waals surface area contributed by atoms with Gasteiger partial charge in [-0.15, -0.1) is 12.4 Å². The molecule has 1 aromatic heterocycles. The Labute approximate surface area is 136 Å². The van der Waals surface area contributed by atoms with Crippen molar-refractivity contribution in [3.8, 4) is 5.75 Å². The van der Waals surface area contributed by atoms with Gasteiger partial charge in [0.2, 0.25) is 0 Å². The van der Waals surface area contributed by atoms with E-state index < -0.39 is 5.54 Å². The van der Waals surface area contributed by atoms with Crippen LogP contribution in [0, 0.1) is 13.8 Å². The smallest absolute Gasteiger partial charge is 0.264 e. The second kappa shape index (κ2) is 6.67. The third-order valence-electron chi connectivity index (χ3n) is 4.16. The topological polar surface area (TPSA) is 74.2 Å². The molecule has 3 rings (SSSR count). The molecule has 5 nitrogen and oxygen atoms in total. The average molecular weight is 324 g/mol. The highest BCUT2D eigenvalue weighted by Crippen LogP contribution is 2.34. The summed E-state index contributed by atoms with van der Waals surface area (Å²) < 4.78 is 11.1. The van der Waals surface area contributed by atoms with Gasteiger partial charge >= 0.3 is 0 Å². The van der Waals surface area contributed by atoms with Crippen molar-refractivity contribution in [1.82, 2.24) is 10.1 Å². The maximum absolute atomic E-state index is 6.32. The lowest BCUT2D eigenvalue weighted by Gasteiger charge is -2.17. The monoisotopic (exact) mass is 323 g/mol. The summed E-state index contributed by atoms with van der Waals surface area (Å²) in [5.41, 5.74) is 8.10. The van der Waals surface area contributed by atoms with E-state index >= 15 is 0 Å². The van der Waals surface area contributed by atoms with Gasteiger partial charge in [0.05, 0.1) is 5.54 Å². The Morgan fingerprint density at radius 1 is 1.23 bits per heavy atom. The third kappa shape index (κ3) is 3.25.